The number of unbranched alkanes of at least 4 members (excludes halogenated alkanes) is 25. The second-order valence-electron chi connectivity index (χ2n) is 27.1. The molecular formula is C78H72BF28N. The molecule has 1 nitrogen and oxygen atoms in total. The fraction of sp³-hybridized carbons (Fsp3) is 0.410. The molecule has 9 aromatic carbocycles. The molecule has 0 fully saturated rings. The maximum absolute atomic E-state index is 17.4. The topological polar surface area (TPSA) is 4.44 Å². The van der Waals surface area contributed by atoms with Gasteiger partial charge in [0.1, 0.15) is 58.4 Å². The highest BCUT2D eigenvalue weighted by Gasteiger charge is 2.53. The minimum absolute atomic E-state index is 1.26. The van der Waals surface area contributed by atoms with Crippen molar-refractivity contribution in [3.63, 3.8) is 0 Å². The number of rotatable bonds is 34. The molecule has 0 bridgehead atoms. The minimum atomic E-state index is -7.99. The van der Waals surface area contributed by atoms with Crippen LogP contribution < -0.4 is 26.8 Å². The van der Waals surface area contributed by atoms with Gasteiger partial charge in [0.05, 0.1) is 56.7 Å². The Balaban J connectivity index is 0.000000321. The maximum atomic E-state index is 17.4. The summed E-state index contributed by atoms with van der Waals surface area (Å²) in [5.74, 6) is -102. The number of benzene rings is 9. The first-order valence-corrected chi connectivity index (χ1v) is 35.6. The lowest BCUT2D eigenvalue weighted by Gasteiger charge is -2.45. The van der Waals surface area contributed by atoms with Gasteiger partial charge in [-0.15, -0.1) is 21.9 Å². The maximum Gasteiger partial charge on any atom is 0.198 e. The van der Waals surface area contributed by atoms with Crippen LogP contribution in [0.4, 0.5) is 129 Å². The van der Waals surface area contributed by atoms with Crippen molar-refractivity contribution in [1.82, 2.24) is 0 Å². The Kier molecular flexibility index (Phi) is 29.5. The van der Waals surface area contributed by atoms with E-state index in [0.29, 0.717) is 0 Å². The smallest absolute Gasteiger partial charge is 0.198 e. The number of nitrogens with one attached hydrogen (secondary N) is 1. The van der Waals surface area contributed by atoms with Gasteiger partial charge in [-0.25, -0.2) is 123 Å². The lowest BCUT2D eigenvalue weighted by Crippen LogP contribution is -3.03. The lowest BCUT2D eigenvalue weighted by molar-refractivity contribution is -0.810. The summed E-state index contributed by atoms with van der Waals surface area (Å²) in [4.78, 5) is 1.58. The second-order valence-corrected chi connectivity index (χ2v) is 27.1. The summed E-state index contributed by atoms with van der Waals surface area (Å²) in [5, 5.41) is -25.0. The predicted octanol–water partition coefficient (Wildman–Crippen LogP) is 23.5. The Morgan fingerprint density at radius 1 is 0.204 bits per heavy atom. The van der Waals surface area contributed by atoms with Gasteiger partial charge in [-0.05, 0) is 43.4 Å². The van der Waals surface area contributed by atoms with E-state index in [4.69, 9.17) is 0 Å². The largest absolute Gasteiger partial charge is 0.305 e. The summed E-state index contributed by atoms with van der Waals surface area (Å²) in [6.07, 6.45) is 32.1. The first kappa shape index (κ1) is 85.7. The highest BCUT2D eigenvalue weighted by Crippen LogP contribution is 2.41. The van der Waals surface area contributed by atoms with Crippen LogP contribution in [0, 0.1) is 163 Å². The molecular weight excluding hydrogens is 1490 g/mol. The Morgan fingerprint density at radius 3 is 0.593 bits per heavy atom. The Hall–Kier alpha value is -7.92. The molecule has 0 heterocycles. The van der Waals surface area contributed by atoms with Crippen molar-refractivity contribution in [2.24, 2.45) is 0 Å². The molecule has 1 N–H and O–H groups in total. The molecule has 0 aliphatic heterocycles. The molecule has 1 unspecified atom stereocenters. The van der Waals surface area contributed by atoms with Crippen molar-refractivity contribution in [2.45, 2.75) is 194 Å². The number of fused-ring (bicyclic) bond motifs is 4. The molecule has 0 amide bonds. The van der Waals surface area contributed by atoms with E-state index in [1.165, 1.54) is 198 Å². The normalized spacial score (nSPS) is 12.3. The van der Waals surface area contributed by atoms with E-state index in [1.54, 1.807) is 4.90 Å². The molecule has 0 spiro atoms. The zero-order valence-electron chi connectivity index (χ0n) is 58.5. The molecule has 9 aromatic rings. The van der Waals surface area contributed by atoms with E-state index in [0.717, 1.165) is 0 Å². The van der Waals surface area contributed by atoms with Gasteiger partial charge in [0.2, 0.25) is 0 Å². The molecule has 30 heteroatoms. The van der Waals surface area contributed by atoms with Crippen LogP contribution in [-0.4, -0.2) is 19.7 Å². The lowest BCUT2D eigenvalue weighted by atomic mass is 9.12. The first-order chi connectivity index (χ1) is 51.3. The molecule has 0 saturated heterocycles. The van der Waals surface area contributed by atoms with Crippen LogP contribution in [0.2, 0.25) is 0 Å². The molecule has 0 aromatic heterocycles. The van der Waals surface area contributed by atoms with Crippen LogP contribution in [0.1, 0.15) is 193 Å². The number of halogens is 28. The van der Waals surface area contributed by atoms with Gasteiger partial charge in [-0.2, -0.15) is 0 Å². The molecule has 1 atom stereocenters. The highest BCUT2D eigenvalue weighted by atomic mass is 19.2. The third-order valence-electron chi connectivity index (χ3n) is 20.1. The van der Waals surface area contributed by atoms with Crippen LogP contribution in [0.5, 0.6) is 0 Å². The van der Waals surface area contributed by atoms with Crippen LogP contribution in [0.15, 0.2) is 24.3 Å². The second kappa shape index (κ2) is 37.2. The number of quaternary nitrogens is 1. The summed E-state index contributed by atoms with van der Waals surface area (Å²) in [6, 6.07) is 9.55. The molecule has 0 aliphatic carbocycles. The molecule has 588 valence electrons. The highest BCUT2D eigenvalue weighted by molar-refractivity contribution is 7.20. The van der Waals surface area contributed by atoms with Crippen molar-refractivity contribution in [1.29, 1.82) is 0 Å². The van der Waals surface area contributed by atoms with E-state index in [-0.39, 0.29) is 0 Å². The van der Waals surface area contributed by atoms with Crippen molar-refractivity contribution in [2.75, 3.05) is 13.6 Å². The Labute approximate surface area is 602 Å². The van der Waals surface area contributed by atoms with E-state index in [9.17, 15) is 35.1 Å². The number of aryl methyl sites for hydroxylation is 1. The predicted molar refractivity (Wildman–Crippen MR) is 356 cm³/mol. The van der Waals surface area contributed by atoms with Gasteiger partial charge in [0.15, 0.2) is 116 Å². The monoisotopic (exact) mass is 1570 g/mol. The Bertz CT molecular complexity index is 4300. The number of hydrogen-bond donors (Lipinski definition) is 1. The van der Waals surface area contributed by atoms with E-state index < -0.39 is 234 Å². The minimum Gasteiger partial charge on any atom is -0.305 e. The summed E-state index contributed by atoms with van der Waals surface area (Å²) < 4.78 is 442. The van der Waals surface area contributed by atoms with E-state index >= 15 is 87.8 Å². The molecule has 0 aliphatic rings. The van der Waals surface area contributed by atoms with Gasteiger partial charge in [-0.1, -0.05) is 180 Å². The van der Waals surface area contributed by atoms with Crippen molar-refractivity contribution < 1.29 is 128 Å². The van der Waals surface area contributed by atoms with Gasteiger partial charge in [0.25, 0.3) is 0 Å². The average molecular weight is 1570 g/mol. The quantitative estimate of drug-likeness (QED) is 0.0135. The van der Waals surface area contributed by atoms with Gasteiger partial charge < -0.3 is 4.90 Å². The van der Waals surface area contributed by atoms with Gasteiger partial charge >= 0.3 is 0 Å². The van der Waals surface area contributed by atoms with Gasteiger partial charge in [-0.3, -0.25) is 0 Å². The van der Waals surface area contributed by atoms with Crippen LogP contribution in [0.25, 0.3) is 43.1 Å². The fourth-order valence-electron chi connectivity index (χ4n) is 14.4. The zero-order chi connectivity index (χ0) is 79.7. The average Bonchev–Trinajstić information content (AvgIpc) is 0.669. The van der Waals surface area contributed by atoms with Crippen LogP contribution in [-0.2, 0) is 6.42 Å². The van der Waals surface area contributed by atoms with Crippen molar-refractivity contribution >= 4 is 76.8 Å². The Morgan fingerprint density at radius 2 is 0.380 bits per heavy atom. The van der Waals surface area contributed by atoms with Crippen LogP contribution in [0.3, 0.4) is 0 Å². The first-order valence-electron chi connectivity index (χ1n) is 35.6. The zero-order valence-corrected chi connectivity index (χ0v) is 58.5. The molecule has 9 rings (SSSR count). The van der Waals surface area contributed by atoms with Crippen molar-refractivity contribution in [3.05, 3.63) is 193 Å². The molecule has 0 radical (unpaired) electrons. The summed E-state index contributed by atoms with van der Waals surface area (Å²) in [5.41, 5.74) is -12.9. The fourth-order valence-corrected chi connectivity index (χ4v) is 14.4. The SMILES string of the molecule is CCCCCCCCCCCCCCCCCCCc1ccc([NH+](C)CCCCCCCCCCCC)cc1.Fc1c(F)c(F)c2c(F)c([B-](c3c(F)c(F)c4c(F)c(F)c(F)c(F)c4c3F)(c3c(F)c(F)c4c(F)c(F)c(F)c(F)c4c3F)c3c(F)c(F)c4c(F)c(F)c(F)c(F)c4c3F)c(F)c(F)c2c1F. The third-order valence-corrected chi connectivity index (χ3v) is 20.1. The molecule has 108 heavy (non-hydrogen) atoms. The third kappa shape index (κ3) is 16.4. The van der Waals surface area contributed by atoms with E-state index in [2.05, 4.69) is 45.2 Å². The standard InChI is InChI=1S/C40BF28.C38H71N/c42-13-1-5(25(54)37(66)33(62)21(1)50)17(46)29(58)9(13)41(10-14(43)2-6(18(47)30(10)59)26(55)38(67)34(63)22(2)51,11-15(44)3-7(19(48)31(11)60)27(56)39(68)35(64)23(3)52)12-16(45)4-8(20(49)32(12)61)28(57)40(69)36(65)24(4)53;1-4-6-8-10-12-14-16-17-18-19-20-21-22-23-25-27-29-31-37-32-34-38(35-33-37)39(3)36-30-28-26-24-15-13-11-9-7-5-2/h;32-35H,4-31,36H2,1-3H3/q-1;/p+1. The van der Waals surface area contributed by atoms with Crippen molar-refractivity contribution in [3.8, 4) is 0 Å². The summed E-state index contributed by atoms with van der Waals surface area (Å²) >= 11 is 0. The van der Waals surface area contributed by atoms with Crippen LogP contribution >= 0.6 is 0 Å². The summed E-state index contributed by atoms with van der Waals surface area (Å²) in [7, 11) is 2.35. The van der Waals surface area contributed by atoms with E-state index in [1.807, 2.05) is 0 Å². The van der Waals surface area contributed by atoms with Gasteiger partial charge in [0, 0.05) is 0 Å². The summed E-state index contributed by atoms with van der Waals surface area (Å²) in [6.45, 7) is 5.88. The number of hydrogen-bond acceptors (Lipinski definition) is 0. The molecule has 0 saturated carbocycles.